The van der Waals surface area contributed by atoms with Crippen LogP contribution >= 0.6 is 11.6 Å². The van der Waals surface area contributed by atoms with E-state index in [2.05, 4.69) is 10.4 Å². The molecule has 0 unspecified atom stereocenters. The quantitative estimate of drug-likeness (QED) is 0.920. The highest BCUT2D eigenvalue weighted by atomic mass is 35.5. The van der Waals surface area contributed by atoms with Crippen LogP contribution in [0.2, 0.25) is 5.02 Å². The zero-order valence-electron chi connectivity index (χ0n) is 10.1. The Labute approximate surface area is 113 Å². The van der Waals surface area contributed by atoms with Crippen molar-refractivity contribution in [1.29, 1.82) is 5.26 Å². The molecule has 7 heteroatoms. The van der Waals surface area contributed by atoms with Gasteiger partial charge in [0.2, 0.25) is 0 Å². The van der Waals surface area contributed by atoms with Crippen LogP contribution in [-0.2, 0) is 7.05 Å². The molecule has 2 rings (SSSR count). The topological polar surface area (TPSA) is 53.6 Å². The van der Waals surface area contributed by atoms with Crippen molar-refractivity contribution in [3.8, 4) is 6.07 Å². The van der Waals surface area contributed by atoms with Crippen molar-refractivity contribution >= 4 is 23.1 Å². The van der Waals surface area contributed by atoms with Gasteiger partial charge < -0.3 is 5.32 Å². The summed E-state index contributed by atoms with van der Waals surface area (Å²) in [6, 6.07) is 3.67. The fourth-order valence-corrected chi connectivity index (χ4v) is 1.96. The number of hydrogen-bond donors (Lipinski definition) is 1. The number of halogens is 3. The predicted molar refractivity (Wildman–Crippen MR) is 67.3 cm³/mol. The molecule has 0 atom stereocenters. The van der Waals surface area contributed by atoms with Gasteiger partial charge in [-0.25, -0.2) is 8.78 Å². The summed E-state index contributed by atoms with van der Waals surface area (Å²) in [5.41, 5.74) is 0.691. The Balaban J connectivity index is 2.51. The Morgan fingerprint density at radius 1 is 1.42 bits per heavy atom. The number of anilines is 2. The smallest absolute Gasteiger partial charge is 0.151 e. The maximum atomic E-state index is 13.7. The lowest BCUT2D eigenvalue weighted by molar-refractivity contribution is 0.586. The van der Waals surface area contributed by atoms with Gasteiger partial charge in [-0.1, -0.05) is 11.6 Å². The maximum absolute atomic E-state index is 13.7. The summed E-state index contributed by atoms with van der Waals surface area (Å²) < 4.78 is 28.0. The molecule has 0 radical (unpaired) electrons. The lowest BCUT2D eigenvalue weighted by atomic mass is 10.2. The first-order valence-corrected chi connectivity index (χ1v) is 5.67. The molecular formula is C12H9ClF2N4. The molecule has 0 bridgehead atoms. The molecule has 1 aromatic carbocycles. The monoisotopic (exact) mass is 282 g/mol. The highest BCUT2D eigenvalue weighted by Crippen LogP contribution is 2.31. The highest BCUT2D eigenvalue weighted by Gasteiger charge is 2.17. The standard InChI is InChI=1S/C12H9ClF2N4/c1-6-8(5-16)12(19(2)18-6)17-11-9(13)3-7(14)4-10(11)15/h3-4,17H,1-2H3. The second kappa shape index (κ2) is 4.86. The zero-order valence-corrected chi connectivity index (χ0v) is 10.9. The van der Waals surface area contributed by atoms with Crippen LogP contribution in [0.1, 0.15) is 11.3 Å². The number of nitrogens with one attached hydrogen (secondary N) is 1. The molecule has 0 aliphatic rings. The van der Waals surface area contributed by atoms with Gasteiger partial charge in [0.05, 0.1) is 16.4 Å². The van der Waals surface area contributed by atoms with Gasteiger partial charge in [0, 0.05) is 13.1 Å². The summed E-state index contributed by atoms with van der Waals surface area (Å²) in [7, 11) is 1.60. The summed E-state index contributed by atoms with van der Waals surface area (Å²) in [6.07, 6.45) is 0. The summed E-state index contributed by atoms with van der Waals surface area (Å²) >= 11 is 5.78. The minimum absolute atomic E-state index is 0.0948. The molecule has 1 aromatic heterocycles. The third-order valence-corrected chi connectivity index (χ3v) is 2.88. The first kappa shape index (κ1) is 13.3. The van der Waals surface area contributed by atoms with E-state index in [0.717, 1.165) is 6.07 Å². The largest absolute Gasteiger partial charge is 0.336 e. The average molecular weight is 283 g/mol. The van der Waals surface area contributed by atoms with Crippen molar-refractivity contribution in [2.24, 2.45) is 7.05 Å². The Hall–Kier alpha value is -2.13. The summed E-state index contributed by atoms with van der Waals surface area (Å²) in [4.78, 5) is 0. The van der Waals surface area contributed by atoms with Crippen LogP contribution in [-0.4, -0.2) is 9.78 Å². The Bertz CT molecular complexity index is 665. The van der Waals surface area contributed by atoms with E-state index in [1.54, 1.807) is 14.0 Å². The van der Waals surface area contributed by atoms with Crippen molar-refractivity contribution in [3.05, 3.63) is 40.0 Å². The van der Waals surface area contributed by atoms with Crippen LogP contribution in [0, 0.1) is 29.9 Å². The first-order chi connectivity index (χ1) is 8.93. The van der Waals surface area contributed by atoms with E-state index in [4.69, 9.17) is 16.9 Å². The van der Waals surface area contributed by atoms with Crippen LogP contribution in [0.4, 0.5) is 20.3 Å². The molecule has 19 heavy (non-hydrogen) atoms. The molecule has 0 amide bonds. The van der Waals surface area contributed by atoms with Crippen molar-refractivity contribution in [3.63, 3.8) is 0 Å². The lowest BCUT2D eigenvalue weighted by Crippen LogP contribution is -2.03. The first-order valence-electron chi connectivity index (χ1n) is 5.29. The van der Waals surface area contributed by atoms with Crippen LogP contribution < -0.4 is 5.32 Å². The van der Waals surface area contributed by atoms with Gasteiger partial charge >= 0.3 is 0 Å². The Morgan fingerprint density at radius 2 is 2.11 bits per heavy atom. The summed E-state index contributed by atoms with van der Waals surface area (Å²) in [5.74, 6) is -1.31. The summed E-state index contributed by atoms with van der Waals surface area (Å²) in [6.45, 7) is 1.66. The predicted octanol–water partition coefficient (Wildman–Crippen LogP) is 3.28. The molecule has 1 N–H and O–H groups in total. The summed E-state index contributed by atoms with van der Waals surface area (Å²) in [5, 5.41) is 15.7. The number of nitrogens with zero attached hydrogens (tertiary/aromatic N) is 3. The molecule has 0 fully saturated rings. The van der Waals surface area contributed by atoms with E-state index in [1.165, 1.54) is 4.68 Å². The van der Waals surface area contributed by atoms with E-state index in [9.17, 15) is 8.78 Å². The molecule has 0 aliphatic heterocycles. The minimum Gasteiger partial charge on any atom is -0.336 e. The number of hydrogen-bond acceptors (Lipinski definition) is 3. The molecule has 0 saturated carbocycles. The fraction of sp³-hybridized carbons (Fsp3) is 0.167. The fourth-order valence-electron chi connectivity index (χ4n) is 1.72. The molecule has 0 saturated heterocycles. The maximum Gasteiger partial charge on any atom is 0.151 e. The molecular weight excluding hydrogens is 274 g/mol. The third-order valence-electron chi connectivity index (χ3n) is 2.58. The van der Waals surface area contributed by atoms with Gasteiger partial charge in [0.25, 0.3) is 0 Å². The van der Waals surface area contributed by atoms with Crippen LogP contribution in [0.15, 0.2) is 12.1 Å². The molecule has 1 heterocycles. The van der Waals surface area contributed by atoms with E-state index >= 15 is 0 Å². The van der Waals surface area contributed by atoms with E-state index in [1.807, 2.05) is 6.07 Å². The Kier molecular flexibility index (Phi) is 3.40. The highest BCUT2D eigenvalue weighted by molar-refractivity contribution is 6.33. The van der Waals surface area contributed by atoms with Crippen molar-refractivity contribution < 1.29 is 8.78 Å². The molecule has 98 valence electrons. The van der Waals surface area contributed by atoms with Crippen molar-refractivity contribution in [1.82, 2.24) is 9.78 Å². The van der Waals surface area contributed by atoms with Gasteiger partial charge in [-0.15, -0.1) is 0 Å². The molecule has 0 aliphatic carbocycles. The minimum atomic E-state index is -0.840. The van der Waals surface area contributed by atoms with Crippen LogP contribution in [0.5, 0.6) is 0 Å². The number of aromatic nitrogens is 2. The van der Waals surface area contributed by atoms with Gasteiger partial charge in [-0.2, -0.15) is 10.4 Å². The van der Waals surface area contributed by atoms with E-state index in [0.29, 0.717) is 17.6 Å². The van der Waals surface area contributed by atoms with Gasteiger partial charge in [-0.3, -0.25) is 4.68 Å². The SMILES string of the molecule is Cc1nn(C)c(Nc2c(F)cc(F)cc2Cl)c1C#N. The van der Waals surface area contributed by atoms with Gasteiger partial charge in [0.1, 0.15) is 23.3 Å². The zero-order chi connectivity index (χ0) is 14.2. The Morgan fingerprint density at radius 3 is 2.68 bits per heavy atom. The molecule has 2 aromatic rings. The van der Waals surface area contributed by atoms with E-state index in [-0.39, 0.29) is 16.3 Å². The normalized spacial score (nSPS) is 10.3. The number of nitriles is 1. The van der Waals surface area contributed by atoms with Crippen molar-refractivity contribution in [2.45, 2.75) is 6.92 Å². The molecule has 0 spiro atoms. The lowest BCUT2D eigenvalue weighted by Gasteiger charge is -2.10. The van der Waals surface area contributed by atoms with E-state index < -0.39 is 11.6 Å². The second-order valence-electron chi connectivity index (χ2n) is 3.91. The van der Waals surface area contributed by atoms with Crippen LogP contribution in [0.25, 0.3) is 0 Å². The van der Waals surface area contributed by atoms with Crippen LogP contribution in [0.3, 0.4) is 0 Å². The third kappa shape index (κ3) is 2.37. The van der Waals surface area contributed by atoms with Crippen molar-refractivity contribution in [2.75, 3.05) is 5.32 Å². The number of rotatable bonds is 2. The number of aryl methyl sites for hydroxylation is 2. The van der Waals surface area contributed by atoms with Gasteiger partial charge in [-0.05, 0) is 13.0 Å². The second-order valence-corrected chi connectivity index (χ2v) is 4.32. The number of benzene rings is 1. The average Bonchev–Trinajstić information content (AvgIpc) is 2.57. The molecule has 4 nitrogen and oxygen atoms in total. The van der Waals surface area contributed by atoms with Gasteiger partial charge in [0.15, 0.2) is 5.82 Å².